The number of carbonyl (C=O) groups is 1. The molecule has 0 radical (unpaired) electrons. The Bertz CT molecular complexity index is 268. The molecule has 0 aromatic carbocycles. The number of carbonyl (C=O) groups excluding carboxylic acids is 1. The summed E-state index contributed by atoms with van der Waals surface area (Å²) in [5, 5.41) is 4.82. The normalized spacial score (nSPS) is 18.8. The predicted molar refractivity (Wildman–Crippen MR) is 53.8 cm³/mol. The Balaban J connectivity index is 2.25. The topological polar surface area (TPSA) is 41.1 Å². The predicted octanol–water partition coefficient (Wildman–Crippen LogP) is 1.36. The first-order chi connectivity index (χ1) is 7.38. The number of rotatable bonds is 4. The molecule has 3 nitrogen and oxygen atoms in total. The molecule has 0 aromatic heterocycles. The van der Waals surface area contributed by atoms with Crippen LogP contribution in [-0.4, -0.2) is 30.7 Å². The van der Waals surface area contributed by atoms with Crippen LogP contribution in [0.5, 0.6) is 0 Å². The van der Waals surface area contributed by atoms with E-state index in [2.05, 4.69) is 5.32 Å². The third-order valence-corrected chi connectivity index (χ3v) is 2.35. The molecule has 1 unspecified atom stereocenters. The molecule has 1 aliphatic carbocycles. The van der Waals surface area contributed by atoms with E-state index >= 15 is 0 Å². The van der Waals surface area contributed by atoms with Crippen molar-refractivity contribution in [2.75, 3.05) is 6.54 Å². The van der Waals surface area contributed by atoms with Crippen molar-refractivity contribution in [2.24, 2.45) is 0 Å². The Morgan fingerprint density at radius 1 is 1.44 bits per heavy atom. The minimum Gasteiger partial charge on any atom is -0.346 e. The molecule has 0 heterocycles. The summed E-state index contributed by atoms with van der Waals surface area (Å²) in [4.78, 5) is 11.3. The monoisotopic (exact) mass is 236 g/mol. The van der Waals surface area contributed by atoms with Crippen LogP contribution in [0.3, 0.4) is 0 Å². The summed E-state index contributed by atoms with van der Waals surface area (Å²) in [5.74, 6) is -0.621. The largest absolute Gasteiger partial charge is 0.405 e. The Hall–Kier alpha value is -1.04. The Kier molecular flexibility index (Phi) is 4.35. The van der Waals surface area contributed by atoms with Gasteiger partial charge in [0.25, 0.3) is 0 Å². The third kappa shape index (κ3) is 4.65. The van der Waals surface area contributed by atoms with Crippen molar-refractivity contribution in [3.63, 3.8) is 0 Å². The summed E-state index contributed by atoms with van der Waals surface area (Å²) in [5.41, 5.74) is 0. The van der Waals surface area contributed by atoms with Crippen LogP contribution >= 0.6 is 0 Å². The fraction of sp³-hybridized carbons (Fsp3) is 0.700. The lowest BCUT2D eigenvalue weighted by Crippen LogP contribution is -2.48. The van der Waals surface area contributed by atoms with E-state index in [9.17, 15) is 18.0 Å². The summed E-state index contributed by atoms with van der Waals surface area (Å²) in [6, 6.07) is -0.445. The van der Waals surface area contributed by atoms with E-state index in [0.717, 1.165) is 12.8 Å². The quantitative estimate of drug-likeness (QED) is 0.724. The van der Waals surface area contributed by atoms with Gasteiger partial charge in [0, 0.05) is 6.04 Å². The highest BCUT2D eigenvalue weighted by Crippen LogP contribution is 2.13. The summed E-state index contributed by atoms with van der Waals surface area (Å²) in [6.45, 7) is 0.283. The van der Waals surface area contributed by atoms with Crippen LogP contribution < -0.4 is 10.6 Å². The Morgan fingerprint density at radius 3 is 2.50 bits per heavy atom. The summed E-state index contributed by atoms with van der Waals surface area (Å²) >= 11 is 0. The molecular formula is C10H15F3N2O. The van der Waals surface area contributed by atoms with Gasteiger partial charge in [0.1, 0.15) is 6.54 Å². The molecule has 1 rings (SSSR count). The average Bonchev–Trinajstić information content (AvgIpc) is 2.65. The van der Waals surface area contributed by atoms with E-state index in [4.69, 9.17) is 0 Å². The van der Waals surface area contributed by atoms with Gasteiger partial charge < -0.3 is 10.6 Å². The highest BCUT2D eigenvalue weighted by molar-refractivity contribution is 5.81. The molecule has 1 aliphatic rings. The van der Waals surface area contributed by atoms with Gasteiger partial charge in [0.2, 0.25) is 5.91 Å². The number of alkyl halides is 3. The van der Waals surface area contributed by atoms with Gasteiger partial charge in [-0.05, 0) is 19.8 Å². The minimum absolute atomic E-state index is 0.159. The van der Waals surface area contributed by atoms with Gasteiger partial charge in [-0.1, -0.05) is 12.2 Å². The Morgan fingerprint density at radius 2 is 2.00 bits per heavy atom. The molecule has 2 N–H and O–H groups in total. The number of halogens is 3. The maximum atomic E-state index is 11.8. The maximum Gasteiger partial charge on any atom is 0.405 e. The molecule has 92 valence electrons. The average molecular weight is 236 g/mol. The van der Waals surface area contributed by atoms with Gasteiger partial charge in [-0.2, -0.15) is 13.2 Å². The summed E-state index contributed by atoms with van der Waals surface area (Å²) < 4.78 is 35.5. The van der Waals surface area contributed by atoms with E-state index in [1.54, 1.807) is 6.92 Å². The lowest BCUT2D eigenvalue weighted by Gasteiger charge is -2.19. The standard InChI is InChI=1S/C10H15F3N2O/c1-7(15-8-4-2-3-5-8)9(16)14-6-10(11,12)13/h2-3,7-8,15H,4-6H2,1H3,(H,14,16). The van der Waals surface area contributed by atoms with Gasteiger partial charge in [-0.15, -0.1) is 0 Å². The van der Waals surface area contributed by atoms with E-state index in [1.807, 2.05) is 17.5 Å². The molecule has 0 aliphatic heterocycles. The van der Waals surface area contributed by atoms with Crippen molar-refractivity contribution in [2.45, 2.75) is 38.0 Å². The van der Waals surface area contributed by atoms with Crippen molar-refractivity contribution in [3.8, 4) is 0 Å². The number of hydrogen-bond donors (Lipinski definition) is 2. The third-order valence-electron chi connectivity index (χ3n) is 2.35. The molecule has 0 bridgehead atoms. The molecule has 0 spiro atoms. The van der Waals surface area contributed by atoms with Crippen molar-refractivity contribution < 1.29 is 18.0 Å². The lowest BCUT2D eigenvalue weighted by atomic mass is 10.2. The van der Waals surface area contributed by atoms with Gasteiger partial charge in [0.05, 0.1) is 6.04 Å². The smallest absolute Gasteiger partial charge is 0.346 e. The second-order valence-electron chi connectivity index (χ2n) is 3.86. The Labute approximate surface area is 92.1 Å². The SMILES string of the molecule is CC(NC1CC=CC1)C(=O)NCC(F)(F)F. The number of amides is 1. The van der Waals surface area contributed by atoms with E-state index in [0.29, 0.717) is 0 Å². The number of nitrogens with one attached hydrogen (secondary N) is 2. The van der Waals surface area contributed by atoms with E-state index in [-0.39, 0.29) is 6.04 Å². The minimum atomic E-state index is -4.36. The number of hydrogen-bond acceptors (Lipinski definition) is 2. The summed E-state index contributed by atoms with van der Waals surface area (Å²) in [7, 11) is 0. The van der Waals surface area contributed by atoms with Gasteiger partial charge in [0.15, 0.2) is 0 Å². The first-order valence-electron chi connectivity index (χ1n) is 5.14. The van der Waals surface area contributed by atoms with Crippen LogP contribution in [0.2, 0.25) is 0 Å². The van der Waals surface area contributed by atoms with Gasteiger partial charge in [-0.25, -0.2) is 0 Å². The molecule has 0 saturated carbocycles. The van der Waals surface area contributed by atoms with Crippen LogP contribution in [0.1, 0.15) is 19.8 Å². The zero-order valence-corrected chi connectivity index (χ0v) is 8.97. The first kappa shape index (κ1) is 13.0. The first-order valence-corrected chi connectivity index (χ1v) is 5.14. The molecule has 1 atom stereocenters. The van der Waals surface area contributed by atoms with Crippen molar-refractivity contribution in [1.29, 1.82) is 0 Å². The highest BCUT2D eigenvalue weighted by atomic mass is 19.4. The molecule has 0 aromatic rings. The van der Waals surface area contributed by atoms with Crippen LogP contribution in [0.25, 0.3) is 0 Å². The molecule has 0 saturated heterocycles. The molecule has 16 heavy (non-hydrogen) atoms. The fourth-order valence-corrected chi connectivity index (χ4v) is 1.52. The molecular weight excluding hydrogens is 221 g/mol. The zero-order chi connectivity index (χ0) is 12.2. The second-order valence-corrected chi connectivity index (χ2v) is 3.86. The van der Waals surface area contributed by atoms with Crippen molar-refractivity contribution >= 4 is 5.91 Å². The maximum absolute atomic E-state index is 11.8. The van der Waals surface area contributed by atoms with Crippen LogP contribution in [-0.2, 0) is 4.79 Å². The zero-order valence-electron chi connectivity index (χ0n) is 8.97. The molecule has 1 amide bonds. The van der Waals surface area contributed by atoms with E-state index < -0.39 is 24.7 Å². The lowest BCUT2D eigenvalue weighted by molar-refractivity contribution is -0.139. The molecule has 6 heteroatoms. The second kappa shape index (κ2) is 5.34. The van der Waals surface area contributed by atoms with Crippen molar-refractivity contribution in [3.05, 3.63) is 12.2 Å². The highest BCUT2D eigenvalue weighted by Gasteiger charge is 2.29. The van der Waals surface area contributed by atoms with Crippen molar-refractivity contribution in [1.82, 2.24) is 10.6 Å². The van der Waals surface area contributed by atoms with Crippen LogP contribution in [0, 0.1) is 0 Å². The van der Waals surface area contributed by atoms with Crippen LogP contribution in [0.4, 0.5) is 13.2 Å². The fourth-order valence-electron chi connectivity index (χ4n) is 1.52. The summed E-state index contributed by atoms with van der Waals surface area (Å²) in [6.07, 6.45) is 1.24. The van der Waals surface area contributed by atoms with Gasteiger partial charge >= 0.3 is 6.18 Å². The van der Waals surface area contributed by atoms with Crippen LogP contribution in [0.15, 0.2) is 12.2 Å². The van der Waals surface area contributed by atoms with Gasteiger partial charge in [-0.3, -0.25) is 4.79 Å². The van der Waals surface area contributed by atoms with E-state index in [1.165, 1.54) is 0 Å². The molecule has 0 fully saturated rings.